The van der Waals surface area contributed by atoms with Crippen LogP contribution in [0.5, 0.6) is 0 Å². The Hall–Kier alpha value is -3.73. The molecule has 8 heteroatoms. The highest BCUT2D eigenvalue weighted by molar-refractivity contribution is 5.93. The van der Waals surface area contributed by atoms with E-state index in [4.69, 9.17) is 9.68 Å². The van der Waals surface area contributed by atoms with E-state index in [1.54, 1.807) is 36.5 Å². The van der Waals surface area contributed by atoms with Gasteiger partial charge in [-0.25, -0.2) is 13.8 Å². The third-order valence-corrected chi connectivity index (χ3v) is 4.97. The Labute approximate surface area is 157 Å². The maximum atomic E-state index is 14.7. The fourth-order valence-electron chi connectivity index (χ4n) is 3.67. The average Bonchev–Trinajstić information content (AvgIpc) is 3.39. The molecule has 0 saturated carbocycles. The van der Waals surface area contributed by atoms with E-state index in [-0.39, 0.29) is 0 Å². The monoisotopic (exact) mass is 377 g/mol. The van der Waals surface area contributed by atoms with Gasteiger partial charge in [-0.2, -0.15) is 10.4 Å². The third-order valence-electron chi connectivity index (χ3n) is 4.97. The summed E-state index contributed by atoms with van der Waals surface area (Å²) in [6.07, 6.45) is 2.46. The van der Waals surface area contributed by atoms with Crippen LogP contribution in [0, 0.1) is 11.3 Å². The van der Waals surface area contributed by atoms with Crippen LogP contribution < -0.4 is 5.32 Å². The molecule has 2 N–H and O–H groups in total. The number of hydrogen-bond donors (Lipinski definition) is 2. The summed E-state index contributed by atoms with van der Waals surface area (Å²) in [4.78, 5) is 3.89. The van der Waals surface area contributed by atoms with E-state index in [9.17, 15) is 8.78 Å². The summed E-state index contributed by atoms with van der Waals surface area (Å²) in [5.74, 6) is -2.47. The van der Waals surface area contributed by atoms with E-state index in [1.165, 1.54) is 12.5 Å². The van der Waals surface area contributed by atoms with E-state index in [1.807, 2.05) is 6.07 Å². The average molecular weight is 377 g/mol. The van der Waals surface area contributed by atoms with Crippen molar-refractivity contribution >= 4 is 16.6 Å². The zero-order chi connectivity index (χ0) is 19.3. The van der Waals surface area contributed by atoms with Crippen LogP contribution in [-0.4, -0.2) is 21.1 Å². The van der Waals surface area contributed by atoms with Crippen LogP contribution in [0.1, 0.15) is 22.7 Å². The molecule has 0 radical (unpaired) electrons. The molecule has 1 unspecified atom stereocenters. The van der Waals surface area contributed by atoms with Gasteiger partial charge >= 0.3 is 0 Å². The molecular formula is C20H13F2N5O. The fraction of sp³-hybridized carbons (Fsp3) is 0.150. The Kier molecular flexibility index (Phi) is 3.46. The second-order valence-electron chi connectivity index (χ2n) is 6.74. The number of nitrogens with zero attached hydrogens (tertiary/aromatic N) is 3. The maximum absolute atomic E-state index is 14.7. The molecule has 6 nitrogen and oxygen atoms in total. The molecule has 1 aliphatic carbocycles. The first-order valence-electron chi connectivity index (χ1n) is 8.59. The largest absolute Gasteiger partial charge is 0.442 e. The molecule has 0 amide bonds. The van der Waals surface area contributed by atoms with Gasteiger partial charge in [0.15, 0.2) is 12.2 Å². The molecule has 0 spiro atoms. The first-order chi connectivity index (χ1) is 13.5. The van der Waals surface area contributed by atoms with Crippen LogP contribution in [0.2, 0.25) is 0 Å². The lowest BCUT2D eigenvalue weighted by atomic mass is 10.0. The molecule has 0 aliphatic heterocycles. The van der Waals surface area contributed by atoms with Crippen molar-refractivity contribution in [2.75, 3.05) is 5.32 Å². The highest BCUT2D eigenvalue weighted by Gasteiger charge is 2.47. The zero-order valence-corrected chi connectivity index (χ0v) is 14.4. The molecule has 0 fully saturated rings. The van der Waals surface area contributed by atoms with Gasteiger partial charge in [0.25, 0.3) is 5.92 Å². The summed E-state index contributed by atoms with van der Waals surface area (Å²) in [6, 6.07) is 10.8. The van der Waals surface area contributed by atoms with Crippen molar-refractivity contribution < 1.29 is 13.2 Å². The zero-order valence-electron chi connectivity index (χ0n) is 14.4. The molecule has 0 bridgehead atoms. The number of benzene rings is 2. The van der Waals surface area contributed by atoms with Crippen LogP contribution in [0.25, 0.3) is 22.4 Å². The number of fused-ring (bicyclic) bond motifs is 2. The van der Waals surface area contributed by atoms with Crippen molar-refractivity contribution in [3.05, 3.63) is 65.7 Å². The van der Waals surface area contributed by atoms with Crippen LogP contribution in [0.15, 0.2) is 53.4 Å². The third kappa shape index (κ3) is 2.52. The SMILES string of the molecule is N#Cc1ccc2c(c1)CC(F)(F)C2Nc1ccc2[nH]nc(-c3cnco3)c2c1. The Morgan fingerprint density at radius 3 is 2.93 bits per heavy atom. The van der Waals surface area contributed by atoms with E-state index in [0.29, 0.717) is 33.8 Å². The molecule has 2 aromatic heterocycles. The molecule has 2 aromatic carbocycles. The van der Waals surface area contributed by atoms with E-state index < -0.39 is 18.4 Å². The predicted octanol–water partition coefficient (Wildman–Crippen LogP) is 4.43. The lowest BCUT2D eigenvalue weighted by molar-refractivity contribution is -0.00705. The van der Waals surface area contributed by atoms with Gasteiger partial charge in [-0.1, -0.05) is 6.07 Å². The Bertz CT molecular complexity index is 1220. The number of aromatic nitrogens is 3. The quantitative estimate of drug-likeness (QED) is 0.551. The van der Waals surface area contributed by atoms with Gasteiger partial charge in [0, 0.05) is 17.5 Å². The molecule has 1 atom stereocenters. The number of H-pyrrole nitrogens is 1. The lowest BCUT2D eigenvalue weighted by Crippen LogP contribution is -2.28. The number of aromatic amines is 1. The number of hydrogen-bond acceptors (Lipinski definition) is 5. The van der Waals surface area contributed by atoms with E-state index >= 15 is 0 Å². The van der Waals surface area contributed by atoms with Crippen molar-refractivity contribution in [2.24, 2.45) is 0 Å². The summed E-state index contributed by atoms with van der Waals surface area (Å²) in [7, 11) is 0. The summed E-state index contributed by atoms with van der Waals surface area (Å²) in [5, 5.41) is 19.8. The van der Waals surface area contributed by atoms with Crippen LogP contribution in [0.3, 0.4) is 0 Å². The first kappa shape index (κ1) is 16.4. The number of nitriles is 1. The summed E-state index contributed by atoms with van der Waals surface area (Å²) < 4.78 is 34.7. The second-order valence-corrected chi connectivity index (χ2v) is 6.74. The number of rotatable bonds is 3. The molecule has 2 heterocycles. The van der Waals surface area contributed by atoms with Gasteiger partial charge < -0.3 is 9.73 Å². The number of anilines is 1. The Morgan fingerprint density at radius 1 is 1.25 bits per heavy atom. The topological polar surface area (TPSA) is 90.5 Å². The summed E-state index contributed by atoms with van der Waals surface area (Å²) >= 11 is 0. The molecule has 0 saturated heterocycles. The van der Waals surface area contributed by atoms with Crippen molar-refractivity contribution in [1.82, 2.24) is 15.2 Å². The van der Waals surface area contributed by atoms with Gasteiger partial charge in [0.05, 0.1) is 23.3 Å². The van der Waals surface area contributed by atoms with Gasteiger partial charge in [-0.15, -0.1) is 0 Å². The number of alkyl halides is 2. The molecule has 4 aromatic rings. The van der Waals surface area contributed by atoms with Crippen molar-refractivity contribution in [3.8, 4) is 17.5 Å². The molecule has 1 aliphatic rings. The van der Waals surface area contributed by atoms with E-state index in [2.05, 4.69) is 20.5 Å². The number of oxazole rings is 1. The normalized spacial score (nSPS) is 17.4. The second kappa shape index (κ2) is 5.89. The minimum absolute atomic E-state index is 0.381. The standard InChI is InChI=1S/C20H13F2N5O/c21-20(22)7-12-5-11(8-23)1-3-14(12)19(20)25-13-2-4-16-15(6-13)18(27-26-16)17-9-24-10-28-17/h1-6,9-10,19,25H,7H2,(H,26,27). The predicted molar refractivity (Wildman–Crippen MR) is 97.8 cm³/mol. The Morgan fingerprint density at radius 2 is 2.14 bits per heavy atom. The van der Waals surface area contributed by atoms with Crippen LogP contribution in [-0.2, 0) is 6.42 Å². The van der Waals surface area contributed by atoms with Crippen LogP contribution in [0.4, 0.5) is 14.5 Å². The minimum atomic E-state index is -2.96. The smallest absolute Gasteiger partial charge is 0.275 e. The number of halogens is 2. The fourth-order valence-corrected chi connectivity index (χ4v) is 3.67. The van der Waals surface area contributed by atoms with E-state index in [0.717, 1.165) is 10.9 Å². The van der Waals surface area contributed by atoms with Gasteiger partial charge in [-0.05, 0) is 41.5 Å². The molecule has 28 heavy (non-hydrogen) atoms. The summed E-state index contributed by atoms with van der Waals surface area (Å²) in [6.45, 7) is 0. The highest BCUT2D eigenvalue weighted by atomic mass is 19.3. The summed E-state index contributed by atoms with van der Waals surface area (Å²) in [5.41, 5.74) is 3.24. The van der Waals surface area contributed by atoms with Gasteiger partial charge in [0.1, 0.15) is 11.7 Å². The Balaban J connectivity index is 1.54. The molecule has 138 valence electrons. The van der Waals surface area contributed by atoms with Gasteiger partial charge in [0.2, 0.25) is 0 Å². The van der Waals surface area contributed by atoms with Gasteiger partial charge in [-0.3, -0.25) is 5.10 Å². The van der Waals surface area contributed by atoms with Crippen LogP contribution >= 0.6 is 0 Å². The molecular weight excluding hydrogens is 364 g/mol. The lowest BCUT2D eigenvalue weighted by Gasteiger charge is -2.22. The molecule has 5 rings (SSSR count). The van der Waals surface area contributed by atoms with Crippen molar-refractivity contribution in [3.63, 3.8) is 0 Å². The van der Waals surface area contributed by atoms with Crippen molar-refractivity contribution in [1.29, 1.82) is 5.26 Å². The number of nitrogens with one attached hydrogen (secondary N) is 2. The first-order valence-corrected chi connectivity index (χ1v) is 8.59. The van der Waals surface area contributed by atoms with Crippen molar-refractivity contribution in [2.45, 2.75) is 18.4 Å². The maximum Gasteiger partial charge on any atom is 0.275 e. The highest BCUT2D eigenvalue weighted by Crippen LogP contribution is 2.45. The minimum Gasteiger partial charge on any atom is -0.442 e.